The summed E-state index contributed by atoms with van der Waals surface area (Å²) in [6.07, 6.45) is -1.14. The number of imidazole rings is 1. The lowest BCUT2D eigenvalue weighted by Gasteiger charge is -2.16. The zero-order valence-corrected chi connectivity index (χ0v) is 22.3. The Labute approximate surface area is 228 Å². The molecule has 0 spiro atoms. The number of alkyl halides is 2. The van der Waals surface area contributed by atoms with Crippen LogP contribution in [0.15, 0.2) is 48.8 Å². The highest BCUT2D eigenvalue weighted by molar-refractivity contribution is 5.86. The van der Waals surface area contributed by atoms with E-state index in [0.717, 1.165) is 5.69 Å². The van der Waals surface area contributed by atoms with Gasteiger partial charge in [0.25, 0.3) is 6.43 Å². The lowest BCUT2D eigenvalue weighted by molar-refractivity contribution is 0.145. The molecule has 0 aliphatic carbocycles. The molecule has 11 nitrogen and oxygen atoms in total. The van der Waals surface area contributed by atoms with Crippen LogP contribution >= 0.6 is 0 Å². The molecule has 0 saturated heterocycles. The third-order valence-electron chi connectivity index (χ3n) is 6.06. The third kappa shape index (κ3) is 5.43. The Balaban J connectivity index is 1.58. The number of ether oxygens (including phenoxy) is 1. The summed E-state index contributed by atoms with van der Waals surface area (Å²) >= 11 is 0. The van der Waals surface area contributed by atoms with Crippen molar-refractivity contribution >= 4 is 22.5 Å². The minimum atomic E-state index is -2.74. The molecule has 0 unspecified atom stereocenters. The van der Waals surface area contributed by atoms with E-state index < -0.39 is 6.43 Å². The minimum Gasteiger partial charge on any atom is -0.490 e. The van der Waals surface area contributed by atoms with Crippen molar-refractivity contribution in [3.8, 4) is 23.5 Å². The van der Waals surface area contributed by atoms with Crippen molar-refractivity contribution < 1.29 is 13.5 Å². The highest BCUT2D eigenvalue weighted by atomic mass is 19.3. The number of hydrogen-bond donors (Lipinski definition) is 1. The lowest BCUT2D eigenvalue weighted by Crippen LogP contribution is -2.19. The van der Waals surface area contributed by atoms with E-state index in [9.17, 15) is 14.0 Å². The largest absolute Gasteiger partial charge is 0.490 e. The van der Waals surface area contributed by atoms with Crippen molar-refractivity contribution in [1.29, 1.82) is 5.26 Å². The first-order chi connectivity index (χ1) is 19.2. The summed E-state index contributed by atoms with van der Waals surface area (Å²) in [5.74, 6) is 1.69. The number of nitrogens with zero attached hydrogens (tertiary/aromatic N) is 9. The van der Waals surface area contributed by atoms with Gasteiger partial charge in [0.2, 0.25) is 0 Å². The molecule has 0 bridgehead atoms. The lowest BCUT2D eigenvalue weighted by atomic mass is 10.2. The number of halogens is 2. The summed E-state index contributed by atoms with van der Waals surface area (Å²) in [7, 11) is 3.92. The van der Waals surface area contributed by atoms with Gasteiger partial charge in [-0.1, -0.05) is 0 Å². The fourth-order valence-electron chi connectivity index (χ4n) is 4.02. The number of nitrogens with one attached hydrogen (secondary N) is 1. The maximum atomic E-state index is 13.3. The van der Waals surface area contributed by atoms with Crippen molar-refractivity contribution in [2.75, 3.05) is 32.6 Å². The SMILES string of the molecule is Cc1ccc(Nc2cc3ncn(-c4ccc(C#N)c(-n5nc(C(F)F)cc5C)n4)c3cc2OCCN(C)C)nn1. The molecular weight excluding hydrogens is 518 g/mol. The van der Waals surface area contributed by atoms with E-state index in [0.29, 0.717) is 53.0 Å². The molecule has 4 heterocycles. The van der Waals surface area contributed by atoms with Crippen LogP contribution in [0.3, 0.4) is 0 Å². The van der Waals surface area contributed by atoms with Crippen LogP contribution in [0.1, 0.15) is 29.1 Å². The van der Waals surface area contributed by atoms with Gasteiger partial charge in [-0.15, -0.1) is 5.10 Å². The van der Waals surface area contributed by atoms with Crippen LogP contribution in [-0.2, 0) is 0 Å². The topological polar surface area (TPSA) is 123 Å². The van der Waals surface area contributed by atoms with Gasteiger partial charge < -0.3 is 15.0 Å². The predicted octanol–water partition coefficient (Wildman–Crippen LogP) is 4.51. The van der Waals surface area contributed by atoms with Gasteiger partial charge in [0.15, 0.2) is 11.6 Å². The maximum absolute atomic E-state index is 13.3. The molecule has 4 aromatic heterocycles. The smallest absolute Gasteiger partial charge is 0.282 e. The van der Waals surface area contributed by atoms with Crippen molar-refractivity contribution in [2.45, 2.75) is 20.3 Å². The zero-order chi connectivity index (χ0) is 28.4. The second kappa shape index (κ2) is 11.0. The fourth-order valence-corrected chi connectivity index (χ4v) is 4.02. The highest BCUT2D eigenvalue weighted by Gasteiger charge is 2.19. The van der Waals surface area contributed by atoms with E-state index >= 15 is 0 Å². The zero-order valence-electron chi connectivity index (χ0n) is 22.3. The molecule has 5 aromatic rings. The molecule has 1 aromatic carbocycles. The number of fused-ring (bicyclic) bond motifs is 1. The molecular formula is C27H26F2N10O. The molecule has 0 atom stereocenters. The number of aromatic nitrogens is 7. The second-order valence-corrected chi connectivity index (χ2v) is 9.36. The van der Waals surface area contributed by atoms with Crippen molar-refractivity contribution in [3.05, 3.63) is 71.4 Å². The summed E-state index contributed by atoms with van der Waals surface area (Å²) in [6.45, 7) is 4.63. The molecule has 0 saturated carbocycles. The number of benzene rings is 1. The Morgan fingerprint density at radius 1 is 1.10 bits per heavy atom. The van der Waals surface area contributed by atoms with E-state index in [-0.39, 0.29) is 17.1 Å². The van der Waals surface area contributed by atoms with Crippen LogP contribution in [0.5, 0.6) is 5.75 Å². The number of aryl methyl sites for hydroxylation is 2. The van der Waals surface area contributed by atoms with Crippen LogP contribution in [0.25, 0.3) is 22.7 Å². The molecule has 40 heavy (non-hydrogen) atoms. The summed E-state index contributed by atoms with van der Waals surface area (Å²) in [5.41, 5.74) is 3.03. The molecule has 0 fully saturated rings. The van der Waals surface area contributed by atoms with Crippen LogP contribution in [0, 0.1) is 25.2 Å². The van der Waals surface area contributed by atoms with Crippen LogP contribution in [0.2, 0.25) is 0 Å². The quantitative estimate of drug-likeness (QED) is 0.286. The number of hydrogen-bond acceptors (Lipinski definition) is 9. The van der Waals surface area contributed by atoms with Gasteiger partial charge in [-0.3, -0.25) is 4.57 Å². The predicted molar refractivity (Wildman–Crippen MR) is 144 cm³/mol. The monoisotopic (exact) mass is 544 g/mol. The van der Waals surface area contributed by atoms with E-state index in [4.69, 9.17) is 4.74 Å². The first kappa shape index (κ1) is 26.6. The summed E-state index contributed by atoms with van der Waals surface area (Å²) in [6, 6.07) is 13.9. The van der Waals surface area contributed by atoms with Crippen LogP contribution in [-0.4, -0.2) is 66.7 Å². The summed E-state index contributed by atoms with van der Waals surface area (Å²) < 4.78 is 35.7. The number of nitriles is 1. The van der Waals surface area contributed by atoms with Crippen molar-refractivity contribution in [1.82, 2.24) is 39.4 Å². The Morgan fingerprint density at radius 2 is 1.93 bits per heavy atom. The summed E-state index contributed by atoms with van der Waals surface area (Å²) in [4.78, 5) is 11.2. The fraction of sp³-hybridized carbons (Fsp3) is 0.259. The van der Waals surface area contributed by atoms with Gasteiger partial charge in [0, 0.05) is 18.3 Å². The highest BCUT2D eigenvalue weighted by Crippen LogP contribution is 2.33. The molecule has 0 radical (unpaired) electrons. The van der Waals surface area contributed by atoms with E-state index in [2.05, 4.69) is 36.7 Å². The molecule has 5 rings (SSSR count). The molecule has 13 heteroatoms. The van der Waals surface area contributed by atoms with Gasteiger partial charge >= 0.3 is 0 Å². The van der Waals surface area contributed by atoms with Crippen molar-refractivity contribution in [3.63, 3.8) is 0 Å². The first-order valence-electron chi connectivity index (χ1n) is 12.4. The minimum absolute atomic E-state index is 0.143. The molecule has 0 aliphatic rings. The third-order valence-corrected chi connectivity index (χ3v) is 6.06. The summed E-state index contributed by atoms with van der Waals surface area (Å²) in [5, 5.41) is 25.2. The molecule has 0 amide bonds. The normalized spacial score (nSPS) is 11.4. The maximum Gasteiger partial charge on any atom is 0.282 e. The first-order valence-corrected chi connectivity index (χ1v) is 12.4. The van der Waals surface area contributed by atoms with Gasteiger partial charge in [-0.2, -0.15) is 15.5 Å². The van der Waals surface area contributed by atoms with Crippen LogP contribution in [0.4, 0.5) is 20.3 Å². The molecule has 204 valence electrons. The average Bonchev–Trinajstić information content (AvgIpc) is 3.52. The van der Waals surface area contributed by atoms with E-state index in [1.165, 1.54) is 10.7 Å². The van der Waals surface area contributed by atoms with Crippen LogP contribution < -0.4 is 10.1 Å². The molecule has 1 N–H and O–H groups in total. The molecule has 0 aliphatic heterocycles. The average molecular weight is 545 g/mol. The van der Waals surface area contributed by atoms with E-state index in [1.54, 1.807) is 30.0 Å². The standard InChI is InChI=1S/C27H26F2N10O/c1-16-5-7-24(35-34-16)32-20-12-19-22(13-23(20)40-10-9-37(3)4)38(15-31-19)25-8-6-18(14-30)27(33-25)39-17(2)11-21(36-39)26(28)29/h5-8,11-13,15,26H,9-10H2,1-4H3,(H,32,35). The second-order valence-electron chi connectivity index (χ2n) is 9.36. The van der Waals surface area contributed by atoms with Crippen molar-refractivity contribution in [2.24, 2.45) is 0 Å². The Bertz CT molecular complexity index is 1700. The van der Waals surface area contributed by atoms with Gasteiger partial charge in [-0.05, 0) is 64.3 Å². The van der Waals surface area contributed by atoms with Gasteiger partial charge in [0.1, 0.15) is 36.3 Å². The Morgan fingerprint density at radius 3 is 2.60 bits per heavy atom. The number of rotatable bonds is 9. The number of pyridine rings is 1. The van der Waals surface area contributed by atoms with Gasteiger partial charge in [0.05, 0.1) is 28.0 Å². The Kier molecular flexibility index (Phi) is 7.35. The van der Waals surface area contributed by atoms with E-state index in [1.807, 2.05) is 50.2 Å². The van der Waals surface area contributed by atoms with Gasteiger partial charge in [-0.25, -0.2) is 23.4 Å². The number of likely N-dealkylation sites (N-methyl/N-ethyl adjacent to an activating group) is 1. The Hall–Kier alpha value is -4.96. The number of anilines is 2.